The van der Waals surface area contributed by atoms with Gasteiger partial charge in [-0.15, -0.1) is 0 Å². The second-order valence-electron chi connectivity index (χ2n) is 13.0. The van der Waals surface area contributed by atoms with Crippen LogP contribution in [0.1, 0.15) is 91.9 Å². The summed E-state index contributed by atoms with van der Waals surface area (Å²) in [4.78, 5) is 23.3. The Kier molecular flexibility index (Phi) is 7.42. The van der Waals surface area contributed by atoms with Gasteiger partial charge in [0, 0.05) is 13.0 Å². The molecule has 0 heterocycles. The van der Waals surface area contributed by atoms with Gasteiger partial charge in [0.15, 0.2) is 0 Å². The third kappa shape index (κ3) is 4.54. The van der Waals surface area contributed by atoms with Gasteiger partial charge in [0.05, 0.1) is 18.1 Å². The van der Waals surface area contributed by atoms with Gasteiger partial charge >= 0.3 is 5.97 Å². The van der Waals surface area contributed by atoms with Crippen LogP contribution in [0, 0.1) is 52.3 Å². The highest BCUT2D eigenvalue weighted by atomic mass is 16.4. The first kappa shape index (κ1) is 25.9. The summed E-state index contributed by atoms with van der Waals surface area (Å²) in [7, 11) is 0. The Morgan fingerprint density at radius 3 is 2.35 bits per heavy atom. The molecule has 0 aliphatic heterocycles. The molecule has 4 saturated carbocycles. The normalized spacial score (nSPS) is 45.4. The molecule has 0 saturated heterocycles. The number of hydrogen-bond acceptors (Lipinski definition) is 4. The van der Waals surface area contributed by atoms with Gasteiger partial charge < -0.3 is 20.6 Å². The maximum Gasteiger partial charge on any atom is 0.308 e. The number of carbonyl (C=O) groups is 2. The van der Waals surface area contributed by atoms with Crippen LogP contribution in [-0.4, -0.2) is 45.9 Å². The fraction of sp³-hybridized carbons (Fsp3) is 0.929. The van der Waals surface area contributed by atoms with Gasteiger partial charge in [0.2, 0.25) is 5.91 Å². The van der Waals surface area contributed by atoms with E-state index in [1.54, 1.807) is 6.92 Å². The largest absolute Gasteiger partial charge is 0.481 e. The second kappa shape index (κ2) is 9.72. The topological polar surface area (TPSA) is 107 Å². The van der Waals surface area contributed by atoms with Crippen molar-refractivity contribution in [1.29, 1.82) is 0 Å². The number of aliphatic carboxylic acids is 1. The maximum absolute atomic E-state index is 12.3. The molecule has 34 heavy (non-hydrogen) atoms. The molecule has 0 aromatic heterocycles. The van der Waals surface area contributed by atoms with Crippen molar-refractivity contribution in [2.24, 2.45) is 52.3 Å². The highest BCUT2D eigenvalue weighted by Crippen LogP contribution is 2.68. The molecule has 0 aromatic rings. The molecule has 6 nitrogen and oxygen atoms in total. The third-order valence-corrected chi connectivity index (χ3v) is 11.3. The van der Waals surface area contributed by atoms with Crippen LogP contribution in [0.2, 0.25) is 0 Å². The average molecular weight is 478 g/mol. The van der Waals surface area contributed by atoms with Gasteiger partial charge in [-0.3, -0.25) is 9.59 Å². The van der Waals surface area contributed by atoms with Gasteiger partial charge in [0.1, 0.15) is 0 Å². The molecule has 1 amide bonds. The lowest BCUT2D eigenvalue weighted by Gasteiger charge is -2.62. The number of nitrogens with one attached hydrogen (secondary N) is 1. The van der Waals surface area contributed by atoms with Crippen LogP contribution in [-0.2, 0) is 9.59 Å². The molecule has 4 fully saturated rings. The first-order valence-corrected chi connectivity index (χ1v) is 13.8. The highest BCUT2D eigenvalue weighted by molar-refractivity contribution is 5.77. The zero-order chi connectivity index (χ0) is 24.8. The summed E-state index contributed by atoms with van der Waals surface area (Å²) in [5.41, 5.74) is 0.465. The van der Waals surface area contributed by atoms with E-state index >= 15 is 0 Å². The number of rotatable bonds is 7. The highest BCUT2D eigenvalue weighted by Gasteiger charge is 2.62. The SMILES string of the molecule is CC(CNC(=O)CC[C@@H](C)[C@H]1CC[C@H]2[C@@H]3[C@@H](O)C[C@@H]4C[C@H](O)CC[C@]4(C)[C@H]3CC[C@]12C)C(=O)O. The molecule has 194 valence electrons. The number of fused-ring (bicyclic) bond motifs is 5. The van der Waals surface area contributed by atoms with Gasteiger partial charge in [-0.2, -0.15) is 0 Å². The molecule has 0 aromatic carbocycles. The molecular formula is C28H47NO5. The van der Waals surface area contributed by atoms with Crippen LogP contribution in [0.4, 0.5) is 0 Å². The van der Waals surface area contributed by atoms with Crippen molar-refractivity contribution in [3.05, 3.63) is 0 Å². The fourth-order valence-electron chi connectivity index (χ4n) is 9.18. The van der Waals surface area contributed by atoms with Crippen molar-refractivity contribution < 1.29 is 24.9 Å². The lowest BCUT2D eigenvalue weighted by molar-refractivity contribution is -0.174. The van der Waals surface area contributed by atoms with Crippen LogP contribution in [0.15, 0.2) is 0 Å². The van der Waals surface area contributed by atoms with Crippen molar-refractivity contribution in [2.45, 2.75) is 104 Å². The molecule has 1 unspecified atom stereocenters. The Morgan fingerprint density at radius 2 is 1.65 bits per heavy atom. The van der Waals surface area contributed by atoms with E-state index in [2.05, 4.69) is 26.1 Å². The summed E-state index contributed by atoms with van der Waals surface area (Å²) in [5.74, 6) is 1.41. The van der Waals surface area contributed by atoms with Crippen molar-refractivity contribution in [3.63, 3.8) is 0 Å². The number of carbonyl (C=O) groups excluding carboxylic acids is 1. The monoisotopic (exact) mass is 477 g/mol. The molecule has 4 aliphatic carbocycles. The molecular weight excluding hydrogens is 430 g/mol. The predicted molar refractivity (Wildman–Crippen MR) is 131 cm³/mol. The molecule has 4 rings (SSSR count). The van der Waals surface area contributed by atoms with Gasteiger partial charge in [0.25, 0.3) is 0 Å². The molecule has 11 atom stereocenters. The second-order valence-corrected chi connectivity index (χ2v) is 13.0. The quantitative estimate of drug-likeness (QED) is 0.439. The minimum atomic E-state index is -0.885. The van der Waals surface area contributed by atoms with Crippen molar-refractivity contribution >= 4 is 11.9 Å². The van der Waals surface area contributed by atoms with Crippen molar-refractivity contribution in [3.8, 4) is 0 Å². The van der Waals surface area contributed by atoms with E-state index in [0.717, 1.165) is 32.1 Å². The van der Waals surface area contributed by atoms with Crippen LogP contribution in [0.5, 0.6) is 0 Å². The summed E-state index contributed by atoms with van der Waals surface area (Å²) in [6.45, 7) is 8.99. The number of aliphatic hydroxyl groups is 2. The van der Waals surface area contributed by atoms with E-state index in [9.17, 15) is 19.8 Å². The summed E-state index contributed by atoms with van der Waals surface area (Å²) in [5, 5.41) is 33.4. The minimum absolute atomic E-state index is 0.0514. The Hall–Kier alpha value is -1.14. The van der Waals surface area contributed by atoms with Crippen LogP contribution in [0.25, 0.3) is 0 Å². The summed E-state index contributed by atoms with van der Waals surface area (Å²) in [6, 6.07) is 0. The Morgan fingerprint density at radius 1 is 0.971 bits per heavy atom. The van der Waals surface area contributed by atoms with Crippen LogP contribution < -0.4 is 5.32 Å². The minimum Gasteiger partial charge on any atom is -0.481 e. The molecule has 0 spiro atoms. The molecule has 4 aliphatic rings. The molecule has 0 bridgehead atoms. The maximum atomic E-state index is 12.3. The number of carboxylic acids is 1. The Bertz CT molecular complexity index is 772. The standard InChI is InChI=1S/C28H47NO5/c1-16(5-8-24(32)29-15-17(2)26(33)34)20-6-7-21-25-22(10-12-28(20,21)4)27(3)11-9-19(30)13-18(27)14-23(25)31/h16-23,25,30-31H,5-15H2,1-4H3,(H,29,32)(H,33,34)/t16-,17?,18+,19-,20-,21+,22+,23+,25+,27+,28-/m1/s1. The number of carboxylic acid groups (broad SMARTS) is 1. The van der Waals surface area contributed by atoms with E-state index in [1.165, 1.54) is 25.7 Å². The first-order chi connectivity index (χ1) is 16.0. The summed E-state index contributed by atoms with van der Waals surface area (Å²) in [6.07, 6.45) is 9.24. The summed E-state index contributed by atoms with van der Waals surface area (Å²) < 4.78 is 0. The number of hydrogen-bond donors (Lipinski definition) is 4. The van der Waals surface area contributed by atoms with E-state index in [-0.39, 0.29) is 35.5 Å². The zero-order valence-corrected chi connectivity index (χ0v) is 21.6. The average Bonchev–Trinajstić information content (AvgIpc) is 3.14. The fourth-order valence-corrected chi connectivity index (χ4v) is 9.18. The van der Waals surface area contributed by atoms with E-state index < -0.39 is 11.9 Å². The van der Waals surface area contributed by atoms with Gasteiger partial charge in [-0.05, 0) is 104 Å². The van der Waals surface area contributed by atoms with Crippen molar-refractivity contribution in [1.82, 2.24) is 5.32 Å². The van der Waals surface area contributed by atoms with Gasteiger partial charge in [-0.25, -0.2) is 0 Å². The smallest absolute Gasteiger partial charge is 0.308 e. The van der Waals surface area contributed by atoms with Crippen LogP contribution >= 0.6 is 0 Å². The first-order valence-electron chi connectivity index (χ1n) is 13.8. The predicted octanol–water partition coefficient (Wildman–Crippen LogP) is 4.23. The number of aliphatic hydroxyl groups excluding tert-OH is 2. The van der Waals surface area contributed by atoms with E-state index in [4.69, 9.17) is 5.11 Å². The Labute approximate surface area is 205 Å². The molecule has 6 heteroatoms. The lowest BCUT2D eigenvalue weighted by Crippen LogP contribution is -2.58. The van der Waals surface area contributed by atoms with Crippen LogP contribution in [0.3, 0.4) is 0 Å². The van der Waals surface area contributed by atoms with Crippen molar-refractivity contribution in [2.75, 3.05) is 6.54 Å². The lowest BCUT2D eigenvalue weighted by atomic mass is 9.43. The third-order valence-electron chi connectivity index (χ3n) is 11.3. The molecule has 4 N–H and O–H groups in total. The molecule has 0 radical (unpaired) electrons. The summed E-state index contributed by atoms with van der Waals surface area (Å²) >= 11 is 0. The number of amides is 1. The zero-order valence-electron chi connectivity index (χ0n) is 21.6. The van der Waals surface area contributed by atoms with Gasteiger partial charge in [-0.1, -0.05) is 27.7 Å². The Balaban J connectivity index is 1.39. The van der Waals surface area contributed by atoms with E-state index in [0.29, 0.717) is 41.9 Å². The van der Waals surface area contributed by atoms with E-state index in [1.807, 2.05) is 0 Å².